The Morgan fingerprint density at radius 2 is 2.36 bits per heavy atom. The topological polar surface area (TPSA) is 120 Å². The van der Waals surface area contributed by atoms with E-state index in [4.69, 9.17) is 5.73 Å². The normalized spacial score (nSPS) is 9.43. The van der Waals surface area contributed by atoms with Gasteiger partial charge < -0.3 is 5.73 Å². The van der Waals surface area contributed by atoms with Gasteiger partial charge in [0.2, 0.25) is 5.91 Å². The zero-order valence-corrected chi connectivity index (χ0v) is 7.01. The number of hydrogen-bond donors (Lipinski definition) is 2. The Bertz CT molecular complexity index is 371. The highest BCUT2D eigenvalue weighted by atomic mass is 16.2. The van der Waals surface area contributed by atoms with E-state index in [1.165, 1.54) is 6.20 Å². The summed E-state index contributed by atoms with van der Waals surface area (Å²) in [6.45, 7) is -0.218. The molecule has 0 radical (unpaired) electrons. The number of rotatable bonds is 3. The number of amides is 3. The molecule has 0 aliphatic heterocycles. The van der Waals surface area contributed by atoms with Gasteiger partial charge >= 0.3 is 6.03 Å². The molecule has 0 aliphatic rings. The Hall–Kier alpha value is -2.25. The van der Waals surface area contributed by atoms with Gasteiger partial charge in [0, 0.05) is 0 Å². The molecule has 14 heavy (non-hydrogen) atoms. The highest BCUT2D eigenvalue weighted by Gasteiger charge is 2.06. The fraction of sp³-hybridized carbons (Fsp3) is 0.167. The molecule has 0 aliphatic carbocycles. The molecule has 0 saturated carbocycles. The first-order valence-corrected chi connectivity index (χ1v) is 3.56. The molecular formula is C6H7N5O3. The summed E-state index contributed by atoms with van der Waals surface area (Å²) in [4.78, 5) is 31.4. The largest absolute Gasteiger partial charge is 0.351 e. The van der Waals surface area contributed by atoms with Gasteiger partial charge in [-0.3, -0.25) is 14.9 Å². The van der Waals surface area contributed by atoms with E-state index < -0.39 is 11.9 Å². The Balaban J connectivity index is 2.55. The third-order valence-corrected chi connectivity index (χ3v) is 1.25. The summed E-state index contributed by atoms with van der Waals surface area (Å²) in [5.74, 6) is -0.625. The van der Waals surface area contributed by atoms with E-state index in [1.807, 2.05) is 5.32 Å². The number of primary amides is 1. The molecule has 1 aromatic heterocycles. The number of urea groups is 1. The van der Waals surface area contributed by atoms with Crippen LogP contribution < -0.4 is 11.1 Å². The molecule has 0 saturated heterocycles. The lowest BCUT2D eigenvalue weighted by Crippen LogP contribution is -2.37. The van der Waals surface area contributed by atoms with Gasteiger partial charge in [0.05, 0.1) is 6.20 Å². The highest BCUT2D eigenvalue weighted by Crippen LogP contribution is 1.87. The molecule has 0 aromatic carbocycles. The summed E-state index contributed by atoms with van der Waals surface area (Å²) in [6, 6.07) is -0.939. The maximum absolute atomic E-state index is 10.9. The van der Waals surface area contributed by atoms with Crippen molar-refractivity contribution in [2.75, 3.05) is 0 Å². The second kappa shape index (κ2) is 4.12. The Morgan fingerprint density at radius 1 is 1.64 bits per heavy atom. The average Bonchev–Trinajstić information content (AvgIpc) is 2.50. The number of carbonyl (C=O) groups excluding carboxylic acids is 3. The molecule has 0 fully saturated rings. The summed E-state index contributed by atoms with van der Waals surface area (Å²) in [5, 5.41) is 8.71. The fourth-order valence-corrected chi connectivity index (χ4v) is 0.769. The number of carbonyl (C=O) groups is 3. The fourth-order valence-electron chi connectivity index (χ4n) is 0.769. The third-order valence-electron chi connectivity index (χ3n) is 1.25. The standard InChI is InChI=1S/C6H7N5O3/c7-6(14)8-5(13)2-11-1-4(3-12)9-10-11/h1,3H,2H2,(H3,7,8,13,14). The molecule has 0 unspecified atom stereocenters. The summed E-state index contributed by atoms with van der Waals surface area (Å²) >= 11 is 0. The van der Waals surface area contributed by atoms with Crippen molar-refractivity contribution in [3.8, 4) is 0 Å². The number of aldehydes is 1. The minimum atomic E-state index is -0.939. The molecule has 1 heterocycles. The van der Waals surface area contributed by atoms with Crippen molar-refractivity contribution >= 4 is 18.2 Å². The Morgan fingerprint density at radius 3 is 2.86 bits per heavy atom. The van der Waals surface area contributed by atoms with Crippen molar-refractivity contribution in [3.05, 3.63) is 11.9 Å². The van der Waals surface area contributed by atoms with Crippen LogP contribution in [0.5, 0.6) is 0 Å². The number of hydrogen-bond acceptors (Lipinski definition) is 5. The summed E-state index contributed by atoms with van der Waals surface area (Å²) < 4.78 is 1.11. The first-order chi connectivity index (χ1) is 6.61. The first-order valence-electron chi connectivity index (χ1n) is 3.56. The molecule has 3 N–H and O–H groups in total. The van der Waals surface area contributed by atoms with Crippen LogP contribution in [0.3, 0.4) is 0 Å². The number of imide groups is 1. The molecule has 0 atom stereocenters. The molecule has 0 spiro atoms. The monoisotopic (exact) mass is 197 g/mol. The van der Waals surface area contributed by atoms with Gasteiger partial charge in [-0.05, 0) is 0 Å². The van der Waals surface area contributed by atoms with Crippen molar-refractivity contribution in [1.82, 2.24) is 20.3 Å². The molecular weight excluding hydrogens is 190 g/mol. The minimum absolute atomic E-state index is 0.108. The second-order valence-electron chi connectivity index (χ2n) is 2.37. The van der Waals surface area contributed by atoms with Crippen LogP contribution in [0.15, 0.2) is 6.20 Å². The summed E-state index contributed by atoms with van der Waals surface area (Å²) in [6.07, 6.45) is 1.77. The smallest absolute Gasteiger partial charge is 0.318 e. The summed E-state index contributed by atoms with van der Waals surface area (Å²) in [5.41, 5.74) is 4.81. The molecule has 74 valence electrons. The quantitative estimate of drug-likeness (QED) is 0.558. The van der Waals surface area contributed by atoms with E-state index >= 15 is 0 Å². The number of aromatic nitrogens is 3. The van der Waals surface area contributed by atoms with E-state index in [-0.39, 0.29) is 12.2 Å². The molecule has 0 bridgehead atoms. The average molecular weight is 197 g/mol. The van der Waals surface area contributed by atoms with Crippen LogP contribution in [0.25, 0.3) is 0 Å². The Kier molecular flexibility index (Phi) is 2.89. The first kappa shape index (κ1) is 9.84. The van der Waals surface area contributed by atoms with Crippen molar-refractivity contribution < 1.29 is 14.4 Å². The van der Waals surface area contributed by atoms with Gasteiger partial charge in [0.15, 0.2) is 6.29 Å². The molecule has 3 amide bonds. The lowest BCUT2D eigenvalue weighted by atomic mass is 10.5. The number of nitrogens with zero attached hydrogens (tertiary/aromatic N) is 3. The molecule has 8 heteroatoms. The Labute approximate surface area is 78.1 Å². The third kappa shape index (κ3) is 2.66. The molecule has 1 aromatic rings. The second-order valence-corrected chi connectivity index (χ2v) is 2.37. The zero-order valence-electron chi connectivity index (χ0n) is 7.01. The minimum Gasteiger partial charge on any atom is -0.351 e. The van der Waals surface area contributed by atoms with Crippen molar-refractivity contribution in [2.24, 2.45) is 5.73 Å². The lowest BCUT2D eigenvalue weighted by Gasteiger charge is -1.98. The predicted molar refractivity (Wildman–Crippen MR) is 43.1 cm³/mol. The van der Waals surface area contributed by atoms with Gasteiger partial charge in [-0.1, -0.05) is 5.21 Å². The number of nitrogens with one attached hydrogen (secondary N) is 1. The van der Waals surface area contributed by atoms with E-state index in [0.717, 1.165) is 4.68 Å². The number of nitrogens with two attached hydrogens (primary N) is 1. The van der Waals surface area contributed by atoms with Gasteiger partial charge in [-0.2, -0.15) is 0 Å². The van der Waals surface area contributed by atoms with Crippen LogP contribution >= 0.6 is 0 Å². The maximum Gasteiger partial charge on any atom is 0.318 e. The van der Waals surface area contributed by atoms with Gasteiger partial charge in [0.1, 0.15) is 12.2 Å². The van der Waals surface area contributed by atoms with Crippen LogP contribution in [0.4, 0.5) is 4.79 Å². The van der Waals surface area contributed by atoms with Crippen LogP contribution in [-0.2, 0) is 11.3 Å². The van der Waals surface area contributed by atoms with Crippen molar-refractivity contribution in [2.45, 2.75) is 6.54 Å². The van der Waals surface area contributed by atoms with E-state index in [9.17, 15) is 14.4 Å². The highest BCUT2D eigenvalue weighted by molar-refractivity contribution is 5.93. The van der Waals surface area contributed by atoms with Crippen LogP contribution in [0.1, 0.15) is 10.5 Å². The van der Waals surface area contributed by atoms with Crippen molar-refractivity contribution in [3.63, 3.8) is 0 Å². The van der Waals surface area contributed by atoms with Crippen LogP contribution in [0, 0.1) is 0 Å². The zero-order chi connectivity index (χ0) is 10.6. The SMILES string of the molecule is NC(=O)NC(=O)Cn1cc(C=O)nn1. The summed E-state index contributed by atoms with van der Waals surface area (Å²) in [7, 11) is 0. The molecule has 1 rings (SSSR count). The van der Waals surface area contributed by atoms with E-state index in [0.29, 0.717) is 6.29 Å². The van der Waals surface area contributed by atoms with Gasteiger partial charge in [-0.15, -0.1) is 5.10 Å². The lowest BCUT2D eigenvalue weighted by molar-refractivity contribution is -0.120. The van der Waals surface area contributed by atoms with Crippen molar-refractivity contribution in [1.29, 1.82) is 0 Å². The van der Waals surface area contributed by atoms with Crippen LogP contribution in [-0.4, -0.2) is 33.2 Å². The predicted octanol–water partition coefficient (Wildman–Crippen LogP) is -1.71. The van der Waals surface area contributed by atoms with Crippen LogP contribution in [0.2, 0.25) is 0 Å². The van der Waals surface area contributed by atoms with E-state index in [1.54, 1.807) is 0 Å². The maximum atomic E-state index is 10.9. The van der Waals surface area contributed by atoms with Gasteiger partial charge in [-0.25, -0.2) is 9.48 Å². The van der Waals surface area contributed by atoms with E-state index in [2.05, 4.69) is 10.3 Å². The molecule has 8 nitrogen and oxygen atoms in total. The van der Waals surface area contributed by atoms with Gasteiger partial charge in [0.25, 0.3) is 0 Å².